The molecule has 0 aliphatic carbocycles. The monoisotopic (exact) mass is 255 g/mol. The van der Waals surface area contributed by atoms with E-state index in [0.717, 1.165) is 6.08 Å². The van der Waals surface area contributed by atoms with Crippen molar-refractivity contribution in [2.75, 3.05) is 20.8 Å². The van der Waals surface area contributed by atoms with Crippen LogP contribution in [0.4, 0.5) is 0 Å². The van der Waals surface area contributed by atoms with Crippen LogP contribution in [0.15, 0.2) is 43.0 Å². The molecule has 0 atom stereocenters. The van der Waals surface area contributed by atoms with E-state index in [0.29, 0.717) is 12.6 Å². The summed E-state index contributed by atoms with van der Waals surface area (Å²) in [6, 6.07) is 9.96. The number of halogens is 1. The predicted octanol–water partition coefficient (Wildman–Crippen LogP) is 2.66. The van der Waals surface area contributed by atoms with Gasteiger partial charge >= 0.3 is 5.97 Å². The van der Waals surface area contributed by atoms with Crippen LogP contribution in [0.2, 0.25) is 0 Å². The van der Waals surface area contributed by atoms with Crippen LogP contribution in [0.3, 0.4) is 0 Å². The van der Waals surface area contributed by atoms with Gasteiger partial charge in [0.05, 0.1) is 0 Å². The Bertz CT molecular complexity index is 325. The van der Waals surface area contributed by atoms with E-state index in [2.05, 4.69) is 11.3 Å². The van der Waals surface area contributed by atoms with Gasteiger partial charge in [0.2, 0.25) is 0 Å². The average molecular weight is 256 g/mol. The van der Waals surface area contributed by atoms with Crippen LogP contribution in [0.25, 0.3) is 0 Å². The molecule has 0 aliphatic heterocycles. The predicted molar refractivity (Wildman–Crippen MR) is 70.8 cm³/mol. The number of ether oxygens (including phenoxy) is 1. The van der Waals surface area contributed by atoms with Gasteiger partial charge in [0, 0.05) is 12.0 Å². The number of hydrogen-bond donors (Lipinski definition) is 0. The summed E-state index contributed by atoms with van der Waals surface area (Å²) in [5.74, 6) is 0.226. The van der Waals surface area contributed by atoms with E-state index in [1.54, 1.807) is 4.90 Å². The molecule has 1 aromatic rings. The fourth-order valence-electron chi connectivity index (χ4n) is 0.819. The van der Waals surface area contributed by atoms with Gasteiger partial charge in [0.15, 0.2) is 0 Å². The summed E-state index contributed by atoms with van der Waals surface area (Å²) >= 11 is 5.53. The summed E-state index contributed by atoms with van der Waals surface area (Å²) in [5.41, 5.74) is 1.18. The maximum absolute atomic E-state index is 10.3. The summed E-state index contributed by atoms with van der Waals surface area (Å²) in [7, 11) is 3.63. The Kier molecular flexibility index (Phi) is 9.11. The van der Waals surface area contributed by atoms with E-state index in [1.165, 1.54) is 5.56 Å². The van der Waals surface area contributed by atoms with Gasteiger partial charge in [-0.05, 0) is 19.7 Å². The molecular formula is C13H18ClNO2. The highest BCUT2D eigenvalue weighted by atomic mass is 35.5. The number of rotatable bonds is 4. The highest BCUT2D eigenvalue weighted by Gasteiger charge is 1.93. The van der Waals surface area contributed by atoms with Gasteiger partial charge in [0.25, 0.3) is 0 Å². The van der Waals surface area contributed by atoms with Crippen molar-refractivity contribution in [3.63, 3.8) is 0 Å². The molecular weight excluding hydrogens is 238 g/mol. The molecule has 0 unspecified atom stereocenters. The van der Waals surface area contributed by atoms with E-state index >= 15 is 0 Å². The van der Waals surface area contributed by atoms with Crippen molar-refractivity contribution in [3.8, 4) is 0 Å². The molecule has 1 aromatic carbocycles. The normalized spacial score (nSPS) is 9.18. The fourth-order valence-corrected chi connectivity index (χ4v) is 0.997. The number of nitrogens with zero attached hydrogens (tertiary/aromatic N) is 1. The van der Waals surface area contributed by atoms with Crippen molar-refractivity contribution in [1.82, 2.24) is 4.90 Å². The van der Waals surface area contributed by atoms with Gasteiger partial charge < -0.3 is 4.74 Å². The highest BCUT2D eigenvalue weighted by Crippen LogP contribution is 2.00. The SMILES string of the molecule is C=CC(=O)OCN(C)C.ClCc1ccccc1. The molecule has 94 valence electrons. The van der Waals surface area contributed by atoms with Crippen molar-refractivity contribution in [1.29, 1.82) is 0 Å². The zero-order valence-corrected chi connectivity index (χ0v) is 11.0. The van der Waals surface area contributed by atoms with Crippen molar-refractivity contribution in [2.24, 2.45) is 0 Å². The van der Waals surface area contributed by atoms with Gasteiger partial charge in [-0.1, -0.05) is 36.9 Å². The van der Waals surface area contributed by atoms with Crippen molar-refractivity contribution in [2.45, 2.75) is 5.88 Å². The lowest BCUT2D eigenvalue weighted by Gasteiger charge is -2.07. The second-order valence-corrected chi connectivity index (χ2v) is 3.76. The molecule has 0 heterocycles. The molecule has 0 aromatic heterocycles. The minimum atomic E-state index is -0.385. The first-order valence-electron chi connectivity index (χ1n) is 5.14. The molecule has 17 heavy (non-hydrogen) atoms. The number of carbonyl (C=O) groups is 1. The quantitative estimate of drug-likeness (QED) is 0.359. The molecule has 3 nitrogen and oxygen atoms in total. The van der Waals surface area contributed by atoms with Crippen LogP contribution in [0, 0.1) is 0 Å². The summed E-state index contributed by atoms with van der Waals surface area (Å²) in [5, 5.41) is 0. The summed E-state index contributed by atoms with van der Waals surface area (Å²) < 4.78 is 4.62. The summed E-state index contributed by atoms with van der Waals surface area (Å²) in [4.78, 5) is 12.1. The Morgan fingerprint density at radius 2 is 2.00 bits per heavy atom. The van der Waals surface area contributed by atoms with Crippen LogP contribution in [0.5, 0.6) is 0 Å². The minimum Gasteiger partial charge on any atom is -0.446 e. The lowest BCUT2D eigenvalue weighted by atomic mass is 10.2. The van der Waals surface area contributed by atoms with Crippen LogP contribution in [-0.4, -0.2) is 31.7 Å². The lowest BCUT2D eigenvalue weighted by Crippen LogP contribution is -2.18. The zero-order valence-electron chi connectivity index (χ0n) is 10.2. The molecule has 0 fully saturated rings. The maximum atomic E-state index is 10.3. The van der Waals surface area contributed by atoms with E-state index in [9.17, 15) is 4.79 Å². The van der Waals surface area contributed by atoms with Gasteiger partial charge in [-0.25, -0.2) is 4.79 Å². The van der Waals surface area contributed by atoms with Gasteiger partial charge in [-0.3, -0.25) is 4.90 Å². The van der Waals surface area contributed by atoms with Crippen molar-refractivity contribution >= 4 is 17.6 Å². The van der Waals surface area contributed by atoms with Crippen LogP contribution < -0.4 is 0 Å². The van der Waals surface area contributed by atoms with Gasteiger partial charge in [-0.2, -0.15) is 0 Å². The van der Waals surface area contributed by atoms with Crippen LogP contribution >= 0.6 is 11.6 Å². The lowest BCUT2D eigenvalue weighted by molar-refractivity contribution is -0.141. The Balaban J connectivity index is 0.000000302. The van der Waals surface area contributed by atoms with Crippen molar-refractivity contribution in [3.05, 3.63) is 48.6 Å². The molecule has 0 bridgehead atoms. The van der Waals surface area contributed by atoms with E-state index < -0.39 is 0 Å². The highest BCUT2D eigenvalue weighted by molar-refractivity contribution is 6.17. The number of benzene rings is 1. The molecule has 0 saturated heterocycles. The maximum Gasteiger partial charge on any atom is 0.331 e. The smallest absolute Gasteiger partial charge is 0.331 e. The van der Waals surface area contributed by atoms with E-state index in [4.69, 9.17) is 11.6 Å². The Labute approximate surface area is 108 Å². The second-order valence-electron chi connectivity index (χ2n) is 3.50. The number of hydrogen-bond acceptors (Lipinski definition) is 3. The summed E-state index contributed by atoms with van der Waals surface area (Å²) in [6.07, 6.45) is 1.14. The first-order valence-corrected chi connectivity index (χ1v) is 5.67. The molecule has 4 heteroatoms. The molecule has 0 amide bonds. The first kappa shape index (κ1) is 15.7. The van der Waals surface area contributed by atoms with E-state index in [-0.39, 0.29) is 5.97 Å². The Morgan fingerprint density at radius 1 is 1.41 bits per heavy atom. The zero-order chi connectivity index (χ0) is 13.1. The van der Waals surface area contributed by atoms with Crippen LogP contribution in [0.1, 0.15) is 5.56 Å². The van der Waals surface area contributed by atoms with E-state index in [1.807, 2.05) is 44.4 Å². The molecule has 0 N–H and O–H groups in total. The standard InChI is InChI=1S/C7H7Cl.C6H11NO2/c8-6-7-4-2-1-3-5-7;1-4-6(8)9-5-7(2)3/h1-5H,6H2;4H,1,5H2,2-3H3. The third kappa shape index (κ3) is 9.60. The second kappa shape index (κ2) is 9.87. The molecule has 0 radical (unpaired) electrons. The third-order valence-electron chi connectivity index (χ3n) is 1.63. The minimum absolute atomic E-state index is 0.310. The molecule has 0 spiro atoms. The first-order chi connectivity index (χ1) is 8.10. The topological polar surface area (TPSA) is 29.5 Å². The van der Waals surface area contributed by atoms with Crippen molar-refractivity contribution < 1.29 is 9.53 Å². The number of esters is 1. The third-order valence-corrected chi connectivity index (χ3v) is 1.94. The van der Waals surface area contributed by atoms with Crippen LogP contribution in [-0.2, 0) is 15.4 Å². The summed E-state index contributed by atoms with van der Waals surface area (Å²) in [6.45, 7) is 3.56. The molecule has 0 aliphatic rings. The average Bonchev–Trinajstić information content (AvgIpc) is 2.37. The molecule has 0 saturated carbocycles. The molecule has 1 rings (SSSR count). The Morgan fingerprint density at radius 3 is 2.35 bits per heavy atom. The Hall–Kier alpha value is -1.32. The number of alkyl halides is 1. The largest absolute Gasteiger partial charge is 0.446 e. The fraction of sp³-hybridized carbons (Fsp3) is 0.308. The number of carbonyl (C=O) groups excluding carboxylic acids is 1. The van der Waals surface area contributed by atoms with Gasteiger partial charge in [0.1, 0.15) is 6.73 Å². The van der Waals surface area contributed by atoms with Gasteiger partial charge in [-0.15, -0.1) is 11.6 Å².